The molecule has 0 spiro atoms. The third kappa shape index (κ3) is 2.70. The number of fused-ring (bicyclic) bond motifs is 1. The molecule has 0 unspecified atom stereocenters. The van der Waals surface area contributed by atoms with E-state index >= 15 is 0 Å². The molecule has 1 aromatic carbocycles. The lowest BCUT2D eigenvalue weighted by molar-refractivity contribution is -0.380. The van der Waals surface area contributed by atoms with Gasteiger partial charge in [0.05, 0.1) is 15.0 Å². The van der Waals surface area contributed by atoms with Gasteiger partial charge in [-0.25, -0.2) is 9.97 Å². The molecule has 0 aliphatic carbocycles. The Hall–Kier alpha value is -1.96. The second kappa shape index (κ2) is 5.68. The number of aryl methyl sites for hydroxylation is 1. The number of hydrogen-bond acceptors (Lipinski definition) is 6. The molecule has 0 fully saturated rings. The Labute approximate surface area is 138 Å². The van der Waals surface area contributed by atoms with Gasteiger partial charge in [0, 0.05) is 11.1 Å². The molecule has 0 amide bonds. The molecule has 0 N–H and O–H groups in total. The van der Waals surface area contributed by atoms with E-state index in [2.05, 4.69) is 9.97 Å². The average Bonchev–Trinajstić information content (AvgIpc) is 2.92. The number of hydrogen-bond donors (Lipinski definition) is 0. The van der Waals surface area contributed by atoms with Crippen molar-refractivity contribution in [3.8, 4) is 10.9 Å². The summed E-state index contributed by atoms with van der Waals surface area (Å²) in [6, 6.07) is 5.17. The molecule has 3 aromatic rings. The topological polar surface area (TPSA) is 78.2 Å². The molecule has 6 nitrogen and oxygen atoms in total. The molecule has 112 valence electrons. The molecule has 3 rings (SSSR count). The lowest BCUT2D eigenvalue weighted by atomic mass is 10.2. The highest BCUT2D eigenvalue weighted by Gasteiger charge is 2.18. The summed E-state index contributed by atoms with van der Waals surface area (Å²) in [5.74, 6) is 0.272. The van der Waals surface area contributed by atoms with Gasteiger partial charge in [-0.05, 0) is 36.5 Å². The van der Waals surface area contributed by atoms with Gasteiger partial charge in [-0.1, -0.05) is 23.2 Å². The number of aromatic nitrogens is 2. The van der Waals surface area contributed by atoms with Crippen LogP contribution >= 0.6 is 34.5 Å². The first-order chi connectivity index (χ1) is 10.5. The van der Waals surface area contributed by atoms with Crippen LogP contribution < -0.4 is 4.74 Å². The SMILES string of the molecule is Cc1ccc2c(Cl)cc(Cl)c(Oc3ncc([N+](=O)[O-])s3)c2n1. The molecule has 2 aromatic heterocycles. The number of pyridine rings is 1. The van der Waals surface area contributed by atoms with Crippen molar-refractivity contribution in [2.75, 3.05) is 0 Å². The first kappa shape index (κ1) is 15.0. The second-order valence-electron chi connectivity index (χ2n) is 4.34. The van der Waals surface area contributed by atoms with Crippen molar-refractivity contribution in [2.45, 2.75) is 6.92 Å². The molecular formula is C13H7Cl2N3O3S. The van der Waals surface area contributed by atoms with E-state index < -0.39 is 4.92 Å². The van der Waals surface area contributed by atoms with E-state index in [4.69, 9.17) is 27.9 Å². The summed E-state index contributed by atoms with van der Waals surface area (Å²) in [6.45, 7) is 1.83. The number of thiazole rings is 1. The molecule has 0 saturated heterocycles. The van der Waals surface area contributed by atoms with E-state index in [9.17, 15) is 10.1 Å². The third-order valence-corrected chi connectivity index (χ3v) is 4.24. The van der Waals surface area contributed by atoms with Crippen molar-refractivity contribution < 1.29 is 9.66 Å². The predicted octanol–water partition coefficient (Wildman–Crippen LogP) is 5.01. The van der Waals surface area contributed by atoms with Gasteiger partial charge >= 0.3 is 5.00 Å². The fourth-order valence-electron chi connectivity index (χ4n) is 1.86. The lowest BCUT2D eigenvalue weighted by Crippen LogP contribution is -1.91. The van der Waals surface area contributed by atoms with Crippen LogP contribution in [0.25, 0.3) is 10.9 Å². The van der Waals surface area contributed by atoms with Gasteiger partial charge in [0.25, 0.3) is 5.19 Å². The molecule has 0 radical (unpaired) electrons. The number of nitro groups is 1. The fourth-order valence-corrected chi connectivity index (χ4v) is 3.00. The minimum Gasteiger partial charge on any atom is -0.427 e. The van der Waals surface area contributed by atoms with Gasteiger partial charge < -0.3 is 4.74 Å². The quantitative estimate of drug-likeness (QED) is 0.487. The van der Waals surface area contributed by atoms with Crippen LogP contribution in [0.5, 0.6) is 10.9 Å². The van der Waals surface area contributed by atoms with E-state index in [-0.39, 0.29) is 21.0 Å². The maximum atomic E-state index is 10.7. The zero-order chi connectivity index (χ0) is 15.9. The maximum absolute atomic E-state index is 10.7. The zero-order valence-electron chi connectivity index (χ0n) is 11.0. The van der Waals surface area contributed by atoms with E-state index in [1.165, 1.54) is 0 Å². The Kier molecular flexibility index (Phi) is 3.86. The highest BCUT2D eigenvalue weighted by atomic mass is 35.5. The molecule has 9 heteroatoms. The van der Waals surface area contributed by atoms with Crippen LogP contribution in [0.15, 0.2) is 24.4 Å². The predicted molar refractivity (Wildman–Crippen MR) is 85.3 cm³/mol. The van der Waals surface area contributed by atoms with E-state index in [0.717, 1.165) is 23.2 Å². The number of nitrogens with zero attached hydrogens (tertiary/aromatic N) is 3. The largest absolute Gasteiger partial charge is 0.427 e. The van der Waals surface area contributed by atoms with Crippen LogP contribution in [0, 0.1) is 17.0 Å². The number of ether oxygens (including phenoxy) is 1. The monoisotopic (exact) mass is 355 g/mol. The Morgan fingerprint density at radius 3 is 2.77 bits per heavy atom. The molecule has 0 atom stereocenters. The average molecular weight is 356 g/mol. The van der Waals surface area contributed by atoms with Crippen LogP contribution in [0.3, 0.4) is 0 Å². The number of rotatable bonds is 3. The van der Waals surface area contributed by atoms with Gasteiger partial charge in [-0.2, -0.15) is 0 Å². The number of benzene rings is 1. The number of halogens is 2. The summed E-state index contributed by atoms with van der Waals surface area (Å²) >= 11 is 13.1. The zero-order valence-corrected chi connectivity index (χ0v) is 13.4. The molecule has 22 heavy (non-hydrogen) atoms. The second-order valence-corrected chi connectivity index (χ2v) is 6.13. The first-order valence-corrected chi connectivity index (χ1v) is 7.56. The summed E-state index contributed by atoms with van der Waals surface area (Å²) in [5, 5.41) is 12.1. The van der Waals surface area contributed by atoms with E-state index in [1.807, 2.05) is 19.1 Å². The van der Waals surface area contributed by atoms with Crippen LogP contribution in [-0.4, -0.2) is 14.9 Å². The van der Waals surface area contributed by atoms with Gasteiger partial charge in [0.2, 0.25) is 0 Å². The van der Waals surface area contributed by atoms with Crippen LogP contribution in [0.4, 0.5) is 5.00 Å². The summed E-state index contributed by atoms with van der Waals surface area (Å²) in [5.41, 5.74) is 1.25. The summed E-state index contributed by atoms with van der Waals surface area (Å²) < 4.78 is 5.61. The van der Waals surface area contributed by atoms with Crippen molar-refractivity contribution in [1.82, 2.24) is 9.97 Å². The fraction of sp³-hybridized carbons (Fsp3) is 0.0769. The normalized spacial score (nSPS) is 10.9. The van der Waals surface area contributed by atoms with Gasteiger partial charge in [0.1, 0.15) is 11.7 Å². The Balaban J connectivity index is 2.12. The summed E-state index contributed by atoms with van der Waals surface area (Å²) in [7, 11) is 0. The van der Waals surface area contributed by atoms with Gasteiger partial charge in [0.15, 0.2) is 5.75 Å². The summed E-state index contributed by atoms with van der Waals surface area (Å²) in [4.78, 5) is 18.4. The molecule has 0 aliphatic rings. The smallest absolute Gasteiger partial charge is 0.347 e. The minimum absolute atomic E-state index is 0.112. The lowest BCUT2D eigenvalue weighted by Gasteiger charge is -2.09. The Bertz CT molecular complexity index is 898. The highest BCUT2D eigenvalue weighted by molar-refractivity contribution is 7.16. The molecule has 0 aliphatic heterocycles. The molecule has 0 saturated carbocycles. The highest BCUT2D eigenvalue weighted by Crippen LogP contribution is 2.41. The van der Waals surface area contributed by atoms with Crippen LogP contribution in [0.1, 0.15) is 5.69 Å². The standard InChI is InChI=1S/C13H7Cl2N3O3S/c1-6-2-3-7-8(14)4-9(15)12(11(7)17-6)21-13-16-5-10(22-13)18(19)20/h2-5H,1H3. The summed E-state index contributed by atoms with van der Waals surface area (Å²) in [6.07, 6.45) is 1.13. The van der Waals surface area contributed by atoms with Crippen LogP contribution in [0.2, 0.25) is 10.0 Å². The van der Waals surface area contributed by atoms with E-state index in [0.29, 0.717) is 15.9 Å². The molecular weight excluding hydrogens is 349 g/mol. The Morgan fingerprint density at radius 1 is 1.32 bits per heavy atom. The Morgan fingerprint density at radius 2 is 2.09 bits per heavy atom. The third-order valence-electron chi connectivity index (χ3n) is 2.82. The molecule has 2 heterocycles. The van der Waals surface area contributed by atoms with Gasteiger partial charge in [-0.15, -0.1) is 0 Å². The van der Waals surface area contributed by atoms with Crippen molar-refractivity contribution in [3.63, 3.8) is 0 Å². The first-order valence-electron chi connectivity index (χ1n) is 5.99. The van der Waals surface area contributed by atoms with Crippen molar-refractivity contribution in [1.29, 1.82) is 0 Å². The van der Waals surface area contributed by atoms with Crippen LogP contribution in [-0.2, 0) is 0 Å². The van der Waals surface area contributed by atoms with E-state index in [1.54, 1.807) is 6.07 Å². The van der Waals surface area contributed by atoms with Crippen molar-refractivity contribution in [2.24, 2.45) is 0 Å². The van der Waals surface area contributed by atoms with Crippen molar-refractivity contribution in [3.05, 3.63) is 50.2 Å². The van der Waals surface area contributed by atoms with Gasteiger partial charge in [-0.3, -0.25) is 10.1 Å². The molecule has 0 bridgehead atoms. The van der Waals surface area contributed by atoms with Crippen molar-refractivity contribution >= 4 is 50.4 Å². The maximum Gasteiger partial charge on any atom is 0.347 e. The minimum atomic E-state index is -0.533.